The highest BCUT2D eigenvalue weighted by Crippen LogP contribution is 2.21. The first-order valence-electron chi connectivity index (χ1n) is 11.7. The summed E-state index contributed by atoms with van der Waals surface area (Å²) in [5, 5.41) is 3.63. The lowest BCUT2D eigenvalue weighted by molar-refractivity contribution is -0.140. The quantitative estimate of drug-likeness (QED) is 0.414. The Hall–Kier alpha value is -3.11. The van der Waals surface area contributed by atoms with E-state index in [-0.39, 0.29) is 24.8 Å². The first kappa shape index (κ1) is 25.5. The average Bonchev–Trinajstić information content (AvgIpc) is 2.81. The monoisotopic (exact) mass is 476 g/mol. The molecular weight excluding hydrogens is 444 g/mol. The zero-order chi connectivity index (χ0) is 24.5. The summed E-state index contributed by atoms with van der Waals surface area (Å²) < 4.78 is 0. The van der Waals surface area contributed by atoms with E-state index in [1.165, 1.54) is 0 Å². The molecule has 0 fully saturated rings. The molecule has 0 saturated heterocycles. The zero-order valence-corrected chi connectivity index (χ0v) is 20.9. The van der Waals surface area contributed by atoms with E-state index in [0.29, 0.717) is 23.9 Å². The fourth-order valence-electron chi connectivity index (χ4n) is 3.88. The fraction of sp³-hybridized carbons (Fsp3) is 0.310. The molecule has 0 aromatic heterocycles. The smallest absolute Gasteiger partial charge is 0.243 e. The molecule has 0 bridgehead atoms. The maximum atomic E-state index is 13.7. The summed E-state index contributed by atoms with van der Waals surface area (Å²) in [4.78, 5) is 28.8. The highest BCUT2D eigenvalue weighted by molar-refractivity contribution is 6.31. The number of amides is 2. The number of nitrogens with zero attached hydrogens (tertiary/aromatic N) is 1. The van der Waals surface area contributed by atoms with Crippen molar-refractivity contribution in [2.24, 2.45) is 5.92 Å². The second-order valence-corrected chi connectivity index (χ2v) is 9.53. The van der Waals surface area contributed by atoms with Crippen molar-refractivity contribution in [3.05, 3.63) is 106 Å². The van der Waals surface area contributed by atoms with Gasteiger partial charge < -0.3 is 10.2 Å². The third kappa shape index (κ3) is 7.46. The summed E-state index contributed by atoms with van der Waals surface area (Å²) in [5.41, 5.74) is 3.84. The molecule has 0 unspecified atom stereocenters. The molecule has 0 aliphatic heterocycles. The highest BCUT2D eigenvalue weighted by atomic mass is 35.5. The van der Waals surface area contributed by atoms with Crippen molar-refractivity contribution in [1.29, 1.82) is 0 Å². The largest absolute Gasteiger partial charge is 0.354 e. The number of halogens is 1. The summed E-state index contributed by atoms with van der Waals surface area (Å²) in [6.45, 7) is 6.92. The van der Waals surface area contributed by atoms with Crippen LogP contribution in [-0.2, 0) is 29.0 Å². The Kier molecular flexibility index (Phi) is 9.29. The van der Waals surface area contributed by atoms with Crippen LogP contribution in [-0.4, -0.2) is 29.3 Å². The van der Waals surface area contributed by atoms with Gasteiger partial charge in [0.2, 0.25) is 11.8 Å². The summed E-state index contributed by atoms with van der Waals surface area (Å²) in [5.74, 6) is 0.0506. The summed E-state index contributed by atoms with van der Waals surface area (Å²) in [7, 11) is 0. The average molecular weight is 477 g/mol. The minimum Gasteiger partial charge on any atom is -0.354 e. The molecule has 4 nitrogen and oxygen atoms in total. The molecule has 34 heavy (non-hydrogen) atoms. The lowest BCUT2D eigenvalue weighted by Gasteiger charge is -2.32. The number of carbonyl (C=O) groups excluding carboxylic acids is 2. The molecule has 3 aromatic rings. The molecule has 1 atom stereocenters. The van der Waals surface area contributed by atoms with E-state index in [4.69, 9.17) is 11.6 Å². The second kappa shape index (κ2) is 12.4. The molecule has 178 valence electrons. The topological polar surface area (TPSA) is 49.4 Å². The maximum Gasteiger partial charge on any atom is 0.243 e. The van der Waals surface area contributed by atoms with Gasteiger partial charge in [-0.05, 0) is 35.6 Å². The molecule has 0 aliphatic rings. The molecule has 0 saturated carbocycles. The number of benzene rings is 3. The Labute approximate surface area is 207 Å². The van der Waals surface area contributed by atoms with Crippen LogP contribution in [0.25, 0.3) is 0 Å². The van der Waals surface area contributed by atoms with Gasteiger partial charge in [0.15, 0.2) is 0 Å². The van der Waals surface area contributed by atoms with Crippen LogP contribution in [0.3, 0.4) is 0 Å². The number of aryl methyl sites for hydroxylation is 1. The number of carbonyl (C=O) groups is 2. The SMILES string of the molecule is Cc1cccc(CC(=O)N(Cc2ccccc2Cl)[C@@H](Cc2ccccc2)C(=O)NCC(C)C)c1. The van der Waals surface area contributed by atoms with E-state index in [9.17, 15) is 9.59 Å². The highest BCUT2D eigenvalue weighted by Gasteiger charge is 2.30. The standard InChI is InChI=1S/C29H33ClN2O2/c1-21(2)19-31-29(34)27(17-23-11-5-4-6-12-23)32(20-25-14-7-8-15-26(25)30)28(33)18-24-13-9-10-22(3)16-24/h4-16,21,27H,17-20H2,1-3H3,(H,31,34)/t27-/m0/s1. The van der Waals surface area contributed by atoms with Gasteiger partial charge >= 0.3 is 0 Å². The van der Waals surface area contributed by atoms with Crippen molar-refractivity contribution in [1.82, 2.24) is 10.2 Å². The van der Waals surface area contributed by atoms with E-state index in [1.54, 1.807) is 4.90 Å². The summed E-state index contributed by atoms with van der Waals surface area (Å²) in [6, 6.07) is 24.6. The van der Waals surface area contributed by atoms with Crippen LogP contribution in [0.4, 0.5) is 0 Å². The van der Waals surface area contributed by atoms with Gasteiger partial charge in [0.25, 0.3) is 0 Å². The van der Waals surface area contributed by atoms with E-state index >= 15 is 0 Å². The maximum absolute atomic E-state index is 13.7. The lowest BCUT2D eigenvalue weighted by Crippen LogP contribution is -2.51. The predicted molar refractivity (Wildman–Crippen MR) is 139 cm³/mol. The molecule has 0 spiro atoms. The summed E-state index contributed by atoms with van der Waals surface area (Å²) in [6.07, 6.45) is 0.643. The van der Waals surface area contributed by atoms with Crippen LogP contribution in [0.2, 0.25) is 5.02 Å². The zero-order valence-electron chi connectivity index (χ0n) is 20.1. The molecule has 0 radical (unpaired) electrons. The van der Waals surface area contributed by atoms with Gasteiger partial charge in [-0.2, -0.15) is 0 Å². The minimum absolute atomic E-state index is 0.105. The van der Waals surface area contributed by atoms with Gasteiger partial charge in [0.1, 0.15) is 6.04 Å². The number of rotatable bonds is 10. The van der Waals surface area contributed by atoms with Crippen LogP contribution in [0, 0.1) is 12.8 Å². The van der Waals surface area contributed by atoms with Crippen LogP contribution in [0.5, 0.6) is 0 Å². The number of hydrogen-bond donors (Lipinski definition) is 1. The van der Waals surface area contributed by atoms with E-state index < -0.39 is 6.04 Å². The Morgan fingerprint density at radius 3 is 2.26 bits per heavy atom. The third-order valence-corrected chi connectivity index (χ3v) is 6.06. The third-order valence-electron chi connectivity index (χ3n) is 5.69. The van der Waals surface area contributed by atoms with Crippen LogP contribution in [0.15, 0.2) is 78.9 Å². The van der Waals surface area contributed by atoms with Gasteiger partial charge in [0, 0.05) is 24.5 Å². The predicted octanol–water partition coefficient (Wildman–Crippen LogP) is 5.60. The molecular formula is C29H33ClN2O2. The van der Waals surface area contributed by atoms with Gasteiger partial charge in [0.05, 0.1) is 6.42 Å². The molecule has 0 heterocycles. The second-order valence-electron chi connectivity index (χ2n) is 9.12. The molecule has 3 aromatic carbocycles. The fourth-order valence-corrected chi connectivity index (χ4v) is 4.08. The molecule has 2 amide bonds. The minimum atomic E-state index is -0.658. The first-order valence-corrected chi connectivity index (χ1v) is 12.1. The van der Waals surface area contributed by atoms with Crippen molar-refractivity contribution in [2.75, 3.05) is 6.54 Å². The van der Waals surface area contributed by atoms with Gasteiger partial charge in [-0.15, -0.1) is 0 Å². The van der Waals surface area contributed by atoms with Crippen molar-refractivity contribution in [3.63, 3.8) is 0 Å². The normalized spacial score (nSPS) is 11.8. The molecule has 3 rings (SSSR count). The van der Waals surface area contributed by atoms with Gasteiger partial charge in [-0.3, -0.25) is 9.59 Å². The van der Waals surface area contributed by atoms with Crippen molar-refractivity contribution < 1.29 is 9.59 Å². The number of nitrogens with one attached hydrogen (secondary N) is 1. The van der Waals surface area contributed by atoms with Crippen LogP contribution in [0.1, 0.15) is 36.1 Å². The molecule has 1 N–H and O–H groups in total. The summed E-state index contributed by atoms with van der Waals surface area (Å²) >= 11 is 6.46. The molecule has 0 aliphatic carbocycles. The van der Waals surface area contributed by atoms with Crippen LogP contribution >= 0.6 is 11.6 Å². The Morgan fingerprint density at radius 2 is 1.59 bits per heavy atom. The van der Waals surface area contributed by atoms with Gasteiger partial charge in [-0.1, -0.05) is 104 Å². The molecule has 5 heteroatoms. The van der Waals surface area contributed by atoms with Crippen molar-refractivity contribution in [2.45, 2.75) is 46.2 Å². The van der Waals surface area contributed by atoms with E-state index in [1.807, 2.05) is 85.8 Å². The Bertz CT molecular complexity index is 1100. The van der Waals surface area contributed by atoms with Crippen molar-refractivity contribution in [3.8, 4) is 0 Å². The Balaban J connectivity index is 1.97. The first-order chi connectivity index (χ1) is 16.3. The Morgan fingerprint density at radius 1 is 0.912 bits per heavy atom. The lowest BCUT2D eigenvalue weighted by atomic mass is 10.0. The number of hydrogen-bond acceptors (Lipinski definition) is 2. The van der Waals surface area contributed by atoms with Crippen molar-refractivity contribution >= 4 is 23.4 Å². The van der Waals surface area contributed by atoms with E-state index in [0.717, 1.165) is 22.3 Å². The van der Waals surface area contributed by atoms with Gasteiger partial charge in [-0.25, -0.2) is 0 Å². The van der Waals surface area contributed by atoms with Crippen LogP contribution < -0.4 is 5.32 Å². The van der Waals surface area contributed by atoms with E-state index in [2.05, 4.69) is 19.2 Å².